The van der Waals surface area contributed by atoms with E-state index in [2.05, 4.69) is 61.8 Å². The zero-order chi connectivity index (χ0) is 89.2. The minimum Gasteiger partial charge on any atom is -0.496 e. The number of carbonyl (C=O) groups is 2. The Kier molecular flexibility index (Phi) is 40.6. The molecule has 0 aliphatic carbocycles. The highest BCUT2D eigenvalue weighted by atomic mass is 35.7. The molecule has 35 nitrogen and oxygen atoms in total. The first-order valence-electron chi connectivity index (χ1n) is 40.4. The molecule has 4 aromatic carbocycles. The molecule has 686 valence electrons. The van der Waals surface area contributed by atoms with Crippen molar-refractivity contribution in [1.82, 2.24) is 41.0 Å². The van der Waals surface area contributed by atoms with Crippen LogP contribution in [0.4, 0.5) is 0 Å². The quantitative estimate of drug-likeness (QED) is 0.0287. The summed E-state index contributed by atoms with van der Waals surface area (Å²) in [6.45, 7) is 13.1. The van der Waals surface area contributed by atoms with Gasteiger partial charge in [0.2, 0.25) is 9.05 Å². The summed E-state index contributed by atoms with van der Waals surface area (Å²) < 4.78 is 123. The molecule has 8 fully saturated rings. The van der Waals surface area contributed by atoms with E-state index < -0.39 is 25.1 Å². The minimum atomic E-state index is -3.38. The van der Waals surface area contributed by atoms with Gasteiger partial charge in [-0.15, -0.1) is 0 Å². The Morgan fingerprint density at radius 2 is 0.960 bits per heavy atom. The molecule has 125 heavy (non-hydrogen) atoms. The number of halogens is 1. The van der Waals surface area contributed by atoms with Crippen molar-refractivity contribution in [1.29, 1.82) is 10.5 Å². The number of ether oxygens (including phenoxy) is 12. The standard InChI is InChI=1S/C33H34N4O6.C27H22N2O6.C7H15NO4S.C6H14N2O.C6H13NO2.C4H6O2.C3H8.CH3ClO2S.H3N.H2O/c1-37(2)28-19-41-18-27(28)36-33(38)21-4-6-25(30(15-21)39-3)31-16-26-32(43-31)24(8-11-35-26)20-5-7-29(22(14-20)17-34)42-23-9-12-40-13-10-23;1-32-24-13-17(27(30)31)2-4-21(24)25-14-22-26(35-25)20(6-9-29-22)16-3-5-23(18(12-16)15-28)34-19-7-10-33-11-8-19;1-8(2)6-4-11-5-7(6)12-13(3,9)10;1-8(2)6-4-9-3-5(6)7;1-7(2)5-3-9-4-6(5)8;1-3-4(6-3)2-5-1;1-3-2;1-5(2,3)4;;/h4-8,11,14-16,23,27-28H,9-10,12-13,18-19H2,1-3H3,(H,36,38);2-6,9,12-14,19H,7-8,10-11H2,1H3,(H,30,31);6-7H,4-5H2,1-3H3;5-6H,3-4,7H2,1-2H3;5-6,8H,3-4H2,1-2H3;3-4H,1-2H2;3H2,1-2H3;1H3;1H3;1H2/t27-,28-;;6-,7-;2*5-,6-;;;;;/m0.111...../s1. The third-order valence-electron chi connectivity index (χ3n) is 20.7. The third kappa shape index (κ3) is 30.3. The number of fused-ring (bicyclic) bond motifs is 3. The van der Waals surface area contributed by atoms with Crippen LogP contribution in [0.5, 0.6) is 23.0 Å². The number of hydrogen-bond donors (Lipinski definition) is 5. The summed E-state index contributed by atoms with van der Waals surface area (Å²) in [6.07, 6.45) is 10.2. The summed E-state index contributed by atoms with van der Waals surface area (Å²) in [6, 6.07) is 33.7. The zero-order valence-corrected chi connectivity index (χ0v) is 75.7. The lowest BCUT2D eigenvalue weighted by atomic mass is 10.0. The number of furan rings is 2. The number of methoxy groups -OCH3 is 2. The lowest BCUT2D eigenvalue weighted by Gasteiger charge is -2.25. The van der Waals surface area contributed by atoms with Crippen LogP contribution in [0.2, 0.25) is 0 Å². The van der Waals surface area contributed by atoms with Crippen molar-refractivity contribution in [2.75, 3.05) is 176 Å². The van der Waals surface area contributed by atoms with E-state index in [1.54, 1.807) is 49.8 Å². The van der Waals surface area contributed by atoms with Gasteiger partial charge in [-0.3, -0.25) is 18.9 Å². The maximum Gasteiger partial charge on any atom is 0.335 e. The van der Waals surface area contributed by atoms with E-state index in [0.29, 0.717) is 175 Å². The van der Waals surface area contributed by atoms with Gasteiger partial charge in [-0.1, -0.05) is 32.4 Å². The normalized spacial score (nSPS) is 21.8. The molecule has 12 heterocycles. The number of nitriles is 2. The average Bonchev–Trinajstić information content (AvgIpc) is 1.64. The molecule has 2 unspecified atom stereocenters. The number of hydrogen-bond acceptors (Lipinski definition) is 32. The number of aliphatic hydroxyl groups excluding tert-OH is 1. The number of likely N-dealkylation sites (N-methyl/N-ethyl adjacent to an activating group) is 4. The second-order valence-electron chi connectivity index (χ2n) is 31.1. The van der Waals surface area contributed by atoms with Crippen LogP contribution < -0.4 is 36.1 Å². The van der Waals surface area contributed by atoms with E-state index in [-0.39, 0.29) is 77.7 Å². The van der Waals surface area contributed by atoms with Gasteiger partial charge in [0, 0.05) is 89.7 Å². The number of epoxide rings is 1. The Bertz CT molecular complexity index is 5050. The molecular formula is C87H120ClN11O24S2. The van der Waals surface area contributed by atoms with E-state index in [1.165, 1.54) is 25.7 Å². The first-order chi connectivity index (χ1) is 58.7. The Morgan fingerprint density at radius 3 is 1.34 bits per heavy atom. The van der Waals surface area contributed by atoms with Gasteiger partial charge in [0.25, 0.3) is 16.0 Å². The molecule has 8 saturated heterocycles. The number of pyridine rings is 2. The first-order valence-corrected chi connectivity index (χ1v) is 44.9. The second kappa shape index (κ2) is 49.3. The van der Waals surface area contributed by atoms with E-state index >= 15 is 0 Å². The number of amides is 1. The number of aromatic nitrogens is 2. The molecule has 10 N–H and O–H groups in total. The molecule has 4 aromatic heterocycles. The molecule has 10 atom stereocenters. The van der Waals surface area contributed by atoms with Crippen molar-refractivity contribution < 1.29 is 112 Å². The fraction of sp³-hybridized carbons (Fsp3) is 0.517. The molecule has 16 rings (SSSR count). The number of aliphatic hydroxyl groups is 1. The highest BCUT2D eigenvalue weighted by molar-refractivity contribution is 8.13. The van der Waals surface area contributed by atoms with Crippen LogP contribution in [-0.4, -0.2) is 322 Å². The predicted molar refractivity (Wildman–Crippen MR) is 471 cm³/mol. The van der Waals surface area contributed by atoms with Crippen molar-refractivity contribution in [3.8, 4) is 80.0 Å². The van der Waals surface area contributed by atoms with E-state index in [0.717, 1.165) is 80.3 Å². The van der Waals surface area contributed by atoms with Gasteiger partial charge < -0.3 is 118 Å². The molecule has 0 spiro atoms. The molecule has 0 bridgehead atoms. The first kappa shape index (κ1) is 103. The summed E-state index contributed by atoms with van der Waals surface area (Å²) in [4.78, 5) is 41.4. The highest BCUT2D eigenvalue weighted by Gasteiger charge is 2.44. The fourth-order valence-electron chi connectivity index (χ4n) is 14.0. The van der Waals surface area contributed by atoms with Gasteiger partial charge in [0.1, 0.15) is 88.2 Å². The molecular weight excluding hydrogens is 1680 g/mol. The van der Waals surface area contributed by atoms with Crippen molar-refractivity contribution in [3.63, 3.8) is 0 Å². The molecule has 8 aliphatic rings. The van der Waals surface area contributed by atoms with Crippen LogP contribution in [0.1, 0.15) is 77.8 Å². The van der Waals surface area contributed by atoms with Gasteiger partial charge >= 0.3 is 5.97 Å². The SMILES string of the molecule is C1OCC2OC12.CCC.CN(C)[C@@H]1COC[C@H]1N.CN(C)[C@@H]1COC[C@H]1O.CN(C)[C@@H]1COC[C@H]1OS(C)(=O)=O.COc1cc(C(=O)N[C@H]2COC[C@@H]2N(C)C)ccc1-c1cc2nccc(-c3ccc(OC4CCOCC4)c(C#N)c3)c2o1.COc1cc(C(=O)O)ccc1-c1cc2nccc(-c3ccc(OC4CCOCC4)c(C#N)c3)c2o1.CS(=O)(=O)Cl.N.O. The van der Waals surface area contributed by atoms with Crippen LogP contribution in [0.15, 0.2) is 118 Å². The van der Waals surface area contributed by atoms with Gasteiger partial charge in [0.05, 0.1) is 177 Å². The molecule has 8 aromatic rings. The number of benzene rings is 4. The Labute approximate surface area is 735 Å². The van der Waals surface area contributed by atoms with Crippen molar-refractivity contribution in [2.45, 2.75) is 119 Å². The van der Waals surface area contributed by atoms with Crippen LogP contribution in [-0.2, 0) is 61.2 Å². The lowest BCUT2D eigenvalue weighted by molar-refractivity contribution is 0.0252. The third-order valence-corrected chi connectivity index (χ3v) is 21.3. The molecule has 0 saturated carbocycles. The summed E-state index contributed by atoms with van der Waals surface area (Å²) in [5, 5.41) is 41.2. The summed E-state index contributed by atoms with van der Waals surface area (Å²) >= 11 is 0. The van der Waals surface area contributed by atoms with Crippen LogP contribution in [0.25, 0.3) is 67.1 Å². The number of carbonyl (C=O) groups excluding carboxylic acids is 1. The molecule has 0 radical (unpaired) electrons. The van der Waals surface area contributed by atoms with Gasteiger partial charge in [-0.25, -0.2) is 13.2 Å². The minimum absolute atomic E-state index is 0. The smallest absolute Gasteiger partial charge is 0.335 e. The lowest BCUT2D eigenvalue weighted by Crippen LogP contribution is -2.48. The van der Waals surface area contributed by atoms with E-state index in [4.69, 9.17) is 75.6 Å². The van der Waals surface area contributed by atoms with E-state index in [1.807, 2.05) is 121 Å². The highest BCUT2D eigenvalue weighted by Crippen LogP contribution is 2.42. The van der Waals surface area contributed by atoms with E-state index in [9.17, 15) is 47.2 Å². The van der Waals surface area contributed by atoms with Crippen LogP contribution in [0.3, 0.4) is 0 Å². The number of carboxylic acid groups (broad SMARTS) is 1. The van der Waals surface area contributed by atoms with Crippen LogP contribution >= 0.6 is 10.7 Å². The Morgan fingerprint density at radius 1 is 0.544 bits per heavy atom. The molecule has 8 aliphatic heterocycles. The maximum atomic E-state index is 13.1. The number of nitrogens with zero attached hydrogens (tertiary/aromatic N) is 8. The summed E-state index contributed by atoms with van der Waals surface area (Å²) in [5.41, 5.74) is 14.1. The number of aromatic carboxylic acids is 1. The average molecular weight is 1800 g/mol. The second-order valence-corrected chi connectivity index (χ2v) is 35.7. The van der Waals surface area contributed by atoms with Crippen molar-refractivity contribution in [2.24, 2.45) is 5.73 Å². The monoisotopic (exact) mass is 1800 g/mol. The van der Waals surface area contributed by atoms with Crippen molar-refractivity contribution in [3.05, 3.63) is 132 Å². The maximum absolute atomic E-state index is 13.1. The number of nitrogens with one attached hydrogen (secondary N) is 1. The number of rotatable bonds is 19. The molecule has 1 amide bonds. The Balaban J connectivity index is 0.000000229. The Hall–Kier alpha value is -9.11. The fourth-order valence-corrected chi connectivity index (χ4v) is 14.7. The summed E-state index contributed by atoms with van der Waals surface area (Å²) in [7, 11) is 16.6. The largest absolute Gasteiger partial charge is 0.496 e. The molecule has 38 heteroatoms. The van der Waals surface area contributed by atoms with Gasteiger partial charge in [-0.2, -0.15) is 18.9 Å². The number of nitrogens with two attached hydrogens (primary N) is 1. The van der Waals surface area contributed by atoms with Crippen molar-refractivity contribution >= 4 is 63.9 Å². The predicted octanol–water partition coefficient (Wildman–Crippen LogP) is 8.55. The topological polar surface area (TPSA) is 483 Å². The summed E-state index contributed by atoms with van der Waals surface area (Å²) in [5.74, 6) is 1.81. The van der Waals surface area contributed by atoms with Gasteiger partial charge in [-0.05, 0) is 140 Å². The number of carboxylic acids is 1. The zero-order valence-electron chi connectivity index (χ0n) is 73.3. The van der Waals surface area contributed by atoms with Gasteiger partial charge in [0.15, 0.2) is 11.2 Å². The van der Waals surface area contributed by atoms with Crippen LogP contribution in [0, 0.1) is 22.7 Å².